The number of carbonyl (C=O) groups is 1. The number of nitrogens with one attached hydrogen (secondary N) is 1. The van der Waals surface area contributed by atoms with Crippen molar-refractivity contribution in [2.24, 2.45) is 0 Å². The van der Waals surface area contributed by atoms with Gasteiger partial charge in [-0.2, -0.15) is 0 Å². The van der Waals surface area contributed by atoms with E-state index in [2.05, 4.69) is 5.32 Å². The van der Waals surface area contributed by atoms with E-state index in [1.807, 2.05) is 31.2 Å². The minimum absolute atomic E-state index is 0.130. The summed E-state index contributed by atoms with van der Waals surface area (Å²) in [6, 6.07) is 11.6. The number of furan rings is 1. The van der Waals surface area contributed by atoms with Crippen LogP contribution in [0.4, 0.5) is 0 Å². The van der Waals surface area contributed by atoms with Crippen LogP contribution in [0.15, 0.2) is 53.2 Å². The summed E-state index contributed by atoms with van der Waals surface area (Å²) in [6.45, 7) is 2.56. The van der Waals surface area contributed by atoms with Gasteiger partial charge in [-0.3, -0.25) is 4.79 Å². The summed E-state index contributed by atoms with van der Waals surface area (Å²) in [5, 5.41) is 2.83. The van der Waals surface area contributed by atoms with E-state index in [-0.39, 0.29) is 5.91 Å². The van der Waals surface area contributed by atoms with Crippen LogP contribution in [0.25, 0.3) is 6.08 Å². The fourth-order valence-electron chi connectivity index (χ4n) is 1.59. The summed E-state index contributed by atoms with van der Waals surface area (Å²) in [4.78, 5) is 11.6. The molecule has 1 heterocycles. The first kappa shape index (κ1) is 12.2. The second-order valence-electron chi connectivity index (χ2n) is 3.99. The summed E-state index contributed by atoms with van der Waals surface area (Å²) in [6.07, 6.45) is 4.69. The molecule has 3 heteroatoms. The van der Waals surface area contributed by atoms with Crippen molar-refractivity contribution in [3.05, 3.63) is 65.6 Å². The average Bonchev–Trinajstić information content (AvgIpc) is 2.88. The number of aryl methyl sites for hydroxylation is 1. The van der Waals surface area contributed by atoms with Crippen LogP contribution in [0.3, 0.4) is 0 Å². The van der Waals surface area contributed by atoms with Crippen molar-refractivity contribution < 1.29 is 9.21 Å². The van der Waals surface area contributed by atoms with Crippen LogP contribution >= 0.6 is 0 Å². The molecule has 0 saturated carbocycles. The molecule has 0 unspecified atom stereocenters. The van der Waals surface area contributed by atoms with Gasteiger partial charge in [-0.15, -0.1) is 0 Å². The molecular weight excluding hydrogens is 226 g/mol. The Bertz CT molecular complexity index is 541. The van der Waals surface area contributed by atoms with Gasteiger partial charge in [-0.1, -0.05) is 24.3 Å². The van der Waals surface area contributed by atoms with Crippen LogP contribution in [0.1, 0.15) is 16.9 Å². The van der Waals surface area contributed by atoms with Crippen molar-refractivity contribution in [3.63, 3.8) is 0 Å². The first-order valence-electron chi connectivity index (χ1n) is 5.79. The minimum Gasteiger partial charge on any atom is -0.465 e. The van der Waals surface area contributed by atoms with E-state index in [0.717, 1.165) is 5.56 Å². The van der Waals surface area contributed by atoms with Crippen molar-refractivity contribution in [3.8, 4) is 0 Å². The zero-order chi connectivity index (χ0) is 12.8. The van der Waals surface area contributed by atoms with E-state index in [9.17, 15) is 4.79 Å². The third-order valence-corrected chi connectivity index (χ3v) is 2.66. The van der Waals surface area contributed by atoms with E-state index in [4.69, 9.17) is 4.42 Å². The molecule has 92 valence electrons. The van der Waals surface area contributed by atoms with Crippen LogP contribution in [-0.4, -0.2) is 5.91 Å². The number of amides is 1. The summed E-state index contributed by atoms with van der Waals surface area (Å²) in [7, 11) is 0. The molecule has 1 aromatic carbocycles. The number of hydrogen-bond acceptors (Lipinski definition) is 2. The lowest BCUT2D eigenvalue weighted by Gasteiger charge is -2.05. The highest BCUT2D eigenvalue weighted by atomic mass is 16.3. The summed E-state index contributed by atoms with van der Waals surface area (Å²) < 4.78 is 5.10. The van der Waals surface area contributed by atoms with Crippen LogP contribution in [0.2, 0.25) is 0 Å². The van der Waals surface area contributed by atoms with Crippen LogP contribution in [-0.2, 0) is 11.3 Å². The molecular formula is C15H15NO2. The Hall–Kier alpha value is -2.29. The Labute approximate surface area is 106 Å². The smallest absolute Gasteiger partial charge is 0.244 e. The van der Waals surface area contributed by atoms with E-state index in [1.165, 1.54) is 11.6 Å². The van der Waals surface area contributed by atoms with Crippen LogP contribution in [0.5, 0.6) is 0 Å². The lowest BCUT2D eigenvalue weighted by molar-refractivity contribution is -0.116. The first-order chi connectivity index (χ1) is 8.75. The maximum Gasteiger partial charge on any atom is 0.244 e. The molecule has 2 aromatic rings. The largest absolute Gasteiger partial charge is 0.465 e. The van der Waals surface area contributed by atoms with Gasteiger partial charge in [0.25, 0.3) is 0 Å². The normalized spacial score (nSPS) is 10.7. The number of benzene rings is 1. The van der Waals surface area contributed by atoms with E-state index < -0.39 is 0 Å². The molecule has 0 fully saturated rings. The maximum atomic E-state index is 11.6. The SMILES string of the molecule is Cc1ccccc1CNC(=O)/C=C/c1ccco1. The fraction of sp³-hybridized carbons (Fsp3) is 0.133. The molecule has 18 heavy (non-hydrogen) atoms. The van der Waals surface area contributed by atoms with E-state index >= 15 is 0 Å². The lowest BCUT2D eigenvalue weighted by Crippen LogP contribution is -2.20. The Morgan fingerprint density at radius 2 is 2.11 bits per heavy atom. The topological polar surface area (TPSA) is 42.2 Å². The van der Waals surface area contributed by atoms with Gasteiger partial charge in [0.1, 0.15) is 5.76 Å². The summed E-state index contributed by atoms with van der Waals surface area (Å²) in [5.74, 6) is 0.538. The van der Waals surface area contributed by atoms with Crippen molar-refractivity contribution in [1.29, 1.82) is 0 Å². The number of hydrogen-bond donors (Lipinski definition) is 1. The zero-order valence-corrected chi connectivity index (χ0v) is 10.2. The molecule has 3 nitrogen and oxygen atoms in total. The lowest BCUT2D eigenvalue weighted by atomic mass is 10.1. The second kappa shape index (κ2) is 5.87. The monoisotopic (exact) mass is 241 g/mol. The van der Waals surface area contributed by atoms with Gasteiger partial charge < -0.3 is 9.73 Å². The molecule has 0 atom stereocenters. The first-order valence-corrected chi connectivity index (χ1v) is 5.79. The van der Waals surface area contributed by atoms with E-state index in [1.54, 1.807) is 24.5 Å². The zero-order valence-electron chi connectivity index (χ0n) is 10.2. The van der Waals surface area contributed by atoms with Gasteiger partial charge in [0.15, 0.2) is 0 Å². The average molecular weight is 241 g/mol. The maximum absolute atomic E-state index is 11.6. The predicted octanol–water partition coefficient (Wildman–Crippen LogP) is 2.92. The Balaban J connectivity index is 1.87. The molecule has 1 N–H and O–H groups in total. The van der Waals surface area contributed by atoms with Gasteiger partial charge in [0.2, 0.25) is 5.91 Å². The van der Waals surface area contributed by atoms with Gasteiger partial charge in [-0.25, -0.2) is 0 Å². The number of rotatable bonds is 4. The highest BCUT2D eigenvalue weighted by Crippen LogP contribution is 2.06. The highest BCUT2D eigenvalue weighted by Gasteiger charge is 1.99. The summed E-state index contributed by atoms with van der Waals surface area (Å²) in [5.41, 5.74) is 2.30. The van der Waals surface area contributed by atoms with Gasteiger partial charge in [0.05, 0.1) is 6.26 Å². The van der Waals surface area contributed by atoms with E-state index in [0.29, 0.717) is 12.3 Å². The molecule has 1 aromatic heterocycles. The Morgan fingerprint density at radius 1 is 1.28 bits per heavy atom. The Morgan fingerprint density at radius 3 is 2.83 bits per heavy atom. The van der Waals surface area contributed by atoms with Gasteiger partial charge >= 0.3 is 0 Å². The molecule has 0 spiro atoms. The molecule has 0 saturated heterocycles. The minimum atomic E-state index is -0.130. The highest BCUT2D eigenvalue weighted by molar-refractivity contribution is 5.91. The number of carbonyl (C=O) groups excluding carboxylic acids is 1. The molecule has 0 aliphatic heterocycles. The molecule has 1 amide bonds. The third kappa shape index (κ3) is 3.35. The predicted molar refractivity (Wildman–Crippen MR) is 70.8 cm³/mol. The molecule has 0 radical (unpaired) electrons. The quantitative estimate of drug-likeness (QED) is 0.836. The Kier molecular flexibility index (Phi) is 3.97. The van der Waals surface area contributed by atoms with Crippen molar-refractivity contribution in [1.82, 2.24) is 5.32 Å². The second-order valence-corrected chi connectivity index (χ2v) is 3.99. The molecule has 2 rings (SSSR count). The van der Waals surface area contributed by atoms with Gasteiger partial charge in [-0.05, 0) is 36.3 Å². The third-order valence-electron chi connectivity index (χ3n) is 2.66. The van der Waals surface area contributed by atoms with Crippen LogP contribution < -0.4 is 5.32 Å². The fourth-order valence-corrected chi connectivity index (χ4v) is 1.59. The van der Waals surface area contributed by atoms with Gasteiger partial charge in [0, 0.05) is 12.6 Å². The van der Waals surface area contributed by atoms with Crippen LogP contribution in [0, 0.1) is 6.92 Å². The molecule has 0 bridgehead atoms. The summed E-state index contributed by atoms with van der Waals surface area (Å²) >= 11 is 0. The standard InChI is InChI=1S/C15H15NO2/c1-12-5-2-3-6-13(12)11-16-15(17)9-8-14-7-4-10-18-14/h2-10H,11H2,1H3,(H,16,17)/b9-8+. The molecule has 0 aliphatic carbocycles. The van der Waals surface area contributed by atoms with Crippen molar-refractivity contribution >= 4 is 12.0 Å². The van der Waals surface area contributed by atoms with Crippen molar-refractivity contribution in [2.45, 2.75) is 13.5 Å². The van der Waals surface area contributed by atoms with Crippen molar-refractivity contribution in [2.75, 3.05) is 0 Å². The molecule has 0 aliphatic rings.